The van der Waals surface area contributed by atoms with Gasteiger partial charge in [-0.1, -0.05) is 30.3 Å². The number of nitrogens with zero attached hydrogens (tertiary/aromatic N) is 1. The maximum absolute atomic E-state index is 6.06. The summed E-state index contributed by atoms with van der Waals surface area (Å²) in [7, 11) is 3.73. The zero-order valence-corrected chi connectivity index (χ0v) is 12.6. The van der Waals surface area contributed by atoms with Crippen molar-refractivity contribution in [3.05, 3.63) is 59.8 Å². The minimum atomic E-state index is 0.532. The quantitative estimate of drug-likeness (QED) is 0.719. The van der Waals surface area contributed by atoms with Crippen molar-refractivity contribution in [3.8, 4) is 11.5 Å². The van der Waals surface area contributed by atoms with E-state index < -0.39 is 0 Å². The second-order valence-electron chi connectivity index (χ2n) is 5.15. The zero-order chi connectivity index (χ0) is 14.8. The Morgan fingerprint density at radius 1 is 1.05 bits per heavy atom. The van der Waals surface area contributed by atoms with Gasteiger partial charge in [0.05, 0.1) is 12.6 Å². The number of aryl methyl sites for hydroxylation is 2. The maximum atomic E-state index is 6.06. The molecule has 0 amide bonds. The summed E-state index contributed by atoms with van der Waals surface area (Å²) in [6.45, 7) is 2.62. The molecule has 0 radical (unpaired) electrons. The average Bonchev–Trinajstić information content (AvgIpc) is 2.81. The van der Waals surface area contributed by atoms with E-state index in [1.165, 1.54) is 5.69 Å². The first-order valence-electron chi connectivity index (χ1n) is 7.00. The van der Waals surface area contributed by atoms with Gasteiger partial charge in [-0.15, -0.1) is 0 Å². The Bertz CT molecular complexity index is 760. The predicted molar refractivity (Wildman–Crippen MR) is 85.0 cm³/mol. The van der Waals surface area contributed by atoms with Crippen molar-refractivity contribution in [2.75, 3.05) is 7.11 Å². The van der Waals surface area contributed by atoms with E-state index >= 15 is 0 Å². The van der Waals surface area contributed by atoms with Crippen LogP contribution in [0.3, 0.4) is 0 Å². The van der Waals surface area contributed by atoms with Gasteiger partial charge < -0.3 is 14.0 Å². The van der Waals surface area contributed by atoms with Gasteiger partial charge in [0.2, 0.25) is 0 Å². The highest BCUT2D eigenvalue weighted by atomic mass is 16.5. The fourth-order valence-electron chi connectivity index (χ4n) is 2.54. The third kappa shape index (κ3) is 2.47. The Kier molecular flexibility index (Phi) is 3.57. The van der Waals surface area contributed by atoms with Gasteiger partial charge >= 0.3 is 0 Å². The van der Waals surface area contributed by atoms with E-state index in [9.17, 15) is 0 Å². The molecule has 0 fully saturated rings. The second-order valence-corrected chi connectivity index (χ2v) is 5.15. The van der Waals surface area contributed by atoms with Crippen molar-refractivity contribution in [1.82, 2.24) is 4.57 Å². The van der Waals surface area contributed by atoms with Crippen LogP contribution in [0.4, 0.5) is 0 Å². The monoisotopic (exact) mass is 281 g/mol. The third-order valence-electron chi connectivity index (χ3n) is 3.83. The lowest BCUT2D eigenvalue weighted by molar-refractivity contribution is 0.288. The van der Waals surface area contributed by atoms with Gasteiger partial charge in [-0.25, -0.2) is 0 Å². The normalized spacial score (nSPS) is 10.8. The molecule has 0 aliphatic carbocycles. The smallest absolute Gasteiger partial charge is 0.171 e. The molecule has 0 unspecified atom stereocenters. The number of rotatable bonds is 4. The van der Waals surface area contributed by atoms with Gasteiger partial charge in [-0.3, -0.25) is 0 Å². The molecule has 21 heavy (non-hydrogen) atoms. The summed E-state index contributed by atoms with van der Waals surface area (Å²) in [4.78, 5) is 0. The number of ether oxygens (including phenoxy) is 2. The molecule has 3 nitrogen and oxygen atoms in total. The van der Waals surface area contributed by atoms with Crippen LogP contribution in [0.5, 0.6) is 11.5 Å². The molecule has 2 aromatic carbocycles. The van der Waals surface area contributed by atoms with Gasteiger partial charge in [0, 0.05) is 18.1 Å². The molecule has 0 spiro atoms. The summed E-state index contributed by atoms with van der Waals surface area (Å²) in [5.74, 6) is 1.58. The molecule has 3 aromatic rings. The lowest BCUT2D eigenvalue weighted by Gasteiger charge is -2.12. The molecule has 0 saturated carbocycles. The second kappa shape index (κ2) is 5.52. The van der Waals surface area contributed by atoms with Crippen LogP contribution in [-0.2, 0) is 13.7 Å². The molecular weight excluding hydrogens is 262 g/mol. The summed E-state index contributed by atoms with van der Waals surface area (Å²) in [6, 6.07) is 16.3. The first-order valence-corrected chi connectivity index (χ1v) is 7.00. The highest BCUT2D eigenvalue weighted by Gasteiger charge is 2.13. The number of methoxy groups -OCH3 is 1. The largest absolute Gasteiger partial charge is 0.493 e. The lowest BCUT2D eigenvalue weighted by Crippen LogP contribution is -1.98. The van der Waals surface area contributed by atoms with Crippen molar-refractivity contribution < 1.29 is 9.47 Å². The van der Waals surface area contributed by atoms with E-state index in [1.807, 2.05) is 24.3 Å². The Labute approximate surface area is 124 Å². The number of fused-ring (bicyclic) bond motifs is 1. The van der Waals surface area contributed by atoms with Crippen LogP contribution in [0.2, 0.25) is 0 Å². The average molecular weight is 281 g/mol. The number of benzene rings is 2. The molecule has 0 atom stereocenters. The van der Waals surface area contributed by atoms with Gasteiger partial charge in [0.1, 0.15) is 6.61 Å². The van der Waals surface area contributed by atoms with Gasteiger partial charge in [-0.05, 0) is 30.7 Å². The first kappa shape index (κ1) is 13.6. The minimum absolute atomic E-state index is 0.532. The summed E-state index contributed by atoms with van der Waals surface area (Å²) in [5.41, 5.74) is 3.49. The number of hydrogen-bond donors (Lipinski definition) is 0. The molecule has 1 heterocycles. The van der Waals surface area contributed by atoms with E-state index in [0.717, 1.165) is 28.0 Å². The van der Waals surface area contributed by atoms with E-state index in [4.69, 9.17) is 9.47 Å². The standard InChI is InChI=1S/C18H19NO2/c1-13-11-15-16(19(13)2)9-10-17(20-3)18(15)21-12-14-7-5-4-6-8-14/h4-11H,12H2,1-3H3. The number of hydrogen-bond acceptors (Lipinski definition) is 2. The molecule has 0 bridgehead atoms. The van der Waals surface area contributed by atoms with Crippen molar-refractivity contribution in [2.24, 2.45) is 7.05 Å². The Morgan fingerprint density at radius 3 is 2.52 bits per heavy atom. The molecule has 1 aromatic heterocycles. The summed E-state index contributed by atoms with van der Waals surface area (Å²) in [5, 5.41) is 1.09. The zero-order valence-electron chi connectivity index (χ0n) is 12.6. The van der Waals surface area contributed by atoms with E-state index in [2.05, 4.69) is 42.8 Å². The maximum Gasteiger partial charge on any atom is 0.171 e. The molecule has 0 aliphatic heterocycles. The Balaban J connectivity index is 2.01. The lowest BCUT2D eigenvalue weighted by atomic mass is 10.2. The van der Waals surface area contributed by atoms with Crippen LogP contribution >= 0.6 is 0 Å². The van der Waals surface area contributed by atoms with E-state index in [-0.39, 0.29) is 0 Å². The van der Waals surface area contributed by atoms with Gasteiger partial charge in [-0.2, -0.15) is 0 Å². The molecule has 3 rings (SSSR count). The van der Waals surface area contributed by atoms with Crippen molar-refractivity contribution in [2.45, 2.75) is 13.5 Å². The van der Waals surface area contributed by atoms with Crippen LogP contribution in [0, 0.1) is 6.92 Å². The predicted octanol–water partition coefficient (Wildman–Crippen LogP) is 4.07. The van der Waals surface area contributed by atoms with Gasteiger partial charge in [0.25, 0.3) is 0 Å². The molecule has 108 valence electrons. The van der Waals surface area contributed by atoms with E-state index in [0.29, 0.717) is 6.61 Å². The topological polar surface area (TPSA) is 23.4 Å². The Morgan fingerprint density at radius 2 is 1.81 bits per heavy atom. The third-order valence-corrected chi connectivity index (χ3v) is 3.83. The molecule has 0 saturated heterocycles. The molecule has 0 N–H and O–H groups in total. The number of aromatic nitrogens is 1. The molecule has 0 aliphatic rings. The fourth-order valence-corrected chi connectivity index (χ4v) is 2.54. The van der Waals surface area contributed by atoms with Crippen LogP contribution in [0.1, 0.15) is 11.3 Å². The van der Waals surface area contributed by atoms with Crippen molar-refractivity contribution >= 4 is 10.9 Å². The summed E-state index contributed by atoms with van der Waals surface area (Å²) >= 11 is 0. The van der Waals surface area contributed by atoms with Crippen LogP contribution in [-0.4, -0.2) is 11.7 Å². The van der Waals surface area contributed by atoms with Crippen LogP contribution < -0.4 is 9.47 Å². The summed E-state index contributed by atoms with van der Waals surface area (Å²) < 4.78 is 13.7. The first-order chi connectivity index (χ1) is 10.2. The molecular formula is C18H19NO2. The fraction of sp³-hybridized carbons (Fsp3) is 0.222. The van der Waals surface area contributed by atoms with Gasteiger partial charge in [0.15, 0.2) is 11.5 Å². The van der Waals surface area contributed by atoms with Crippen LogP contribution in [0.15, 0.2) is 48.5 Å². The van der Waals surface area contributed by atoms with Crippen molar-refractivity contribution in [1.29, 1.82) is 0 Å². The van der Waals surface area contributed by atoms with E-state index in [1.54, 1.807) is 7.11 Å². The summed E-state index contributed by atoms with van der Waals surface area (Å²) in [6.07, 6.45) is 0. The Hall–Kier alpha value is -2.42. The van der Waals surface area contributed by atoms with Crippen molar-refractivity contribution in [3.63, 3.8) is 0 Å². The molecule has 3 heteroatoms. The highest BCUT2D eigenvalue weighted by molar-refractivity contribution is 5.90. The highest BCUT2D eigenvalue weighted by Crippen LogP contribution is 2.37. The van der Waals surface area contributed by atoms with Crippen LogP contribution in [0.25, 0.3) is 10.9 Å². The SMILES string of the molecule is COc1ccc2c(cc(C)n2C)c1OCc1ccccc1. The minimum Gasteiger partial charge on any atom is -0.493 e.